The molecule has 76 valence electrons. The first-order chi connectivity index (χ1) is 7.22. The van der Waals surface area contributed by atoms with Gasteiger partial charge in [-0.3, -0.25) is 4.79 Å². The number of hydrogen-bond donors (Lipinski definition) is 0. The molecule has 0 aliphatic rings. The van der Waals surface area contributed by atoms with Crippen LogP contribution in [-0.2, 0) is 7.05 Å². The lowest BCUT2D eigenvalue weighted by Gasteiger charge is -2.02. The second kappa shape index (κ2) is 3.82. The molecule has 1 heterocycles. The van der Waals surface area contributed by atoms with Crippen LogP contribution in [0.5, 0.6) is 0 Å². The average Bonchev–Trinajstić information content (AvgIpc) is 2.65. The van der Waals surface area contributed by atoms with Crippen LogP contribution in [0.25, 0.3) is 11.3 Å². The number of hydrogen-bond acceptors (Lipinski definition) is 3. The van der Waals surface area contributed by atoms with Gasteiger partial charge in [0.15, 0.2) is 6.29 Å². The highest BCUT2D eigenvalue weighted by Crippen LogP contribution is 2.22. The maximum absolute atomic E-state index is 10.7. The first kappa shape index (κ1) is 9.86. The van der Waals surface area contributed by atoms with Crippen molar-refractivity contribution in [1.29, 1.82) is 0 Å². The summed E-state index contributed by atoms with van der Waals surface area (Å²) in [6.07, 6.45) is 2.37. The first-order valence-electron chi connectivity index (χ1n) is 4.32. The number of aryl methyl sites for hydroxylation is 1. The van der Waals surface area contributed by atoms with Gasteiger partial charge in [-0.05, 0) is 12.1 Å². The molecule has 15 heavy (non-hydrogen) atoms. The lowest BCUT2D eigenvalue weighted by molar-refractivity contribution is 0.112. The molecule has 0 amide bonds. The van der Waals surface area contributed by atoms with Crippen molar-refractivity contribution in [3.63, 3.8) is 0 Å². The predicted octanol–water partition coefficient (Wildman–Crippen LogP) is 1.95. The SMILES string of the molecule is Cn1nncc1-c1ccc(Cl)c(C=O)c1. The Balaban J connectivity index is 2.55. The summed E-state index contributed by atoms with van der Waals surface area (Å²) in [5, 5.41) is 8.03. The molecule has 0 unspecified atom stereocenters. The molecule has 0 saturated carbocycles. The summed E-state index contributed by atoms with van der Waals surface area (Å²) in [5.74, 6) is 0. The molecule has 0 fully saturated rings. The van der Waals surface area contributed by atoms with Crippen LogP contribution in [0.3, 0.4) is 0 Å². The van der Waals surface area contributed by atoms with Crippen molar-refractivity contribution in [3.05, 3.63) is 35.0 Å². The van der Waals surface area contributed by atoms with Gasteiger partial charge >= 0.3 is 0 Å². The summed E-state index contributed by atoms with van der Waals surface area (Å²) in [6.45, 7) is 0. The van der Waals surface area contributed by atoms with Gasteiger partial charge in [0.05, 0.1) is 16.9 Å². The maximum atomic E-state index is 10.7. The van der Waals surface area contributed by atoms with Gasteiger partial charge < -0.3 is 0 Å². The minimum atomic E-state index is 0.448. The smallest absolute Gasteiger partial charge is 0.151 e. The second-order valence-electron chi connectivity index (χ2n) is 3.10. The van der Waals surface area contributed by atoms with E-state index in [2.05, 4.69) is 10.3 Å². The summed E-state index contributed by atoms with van der Waals surface area (Å²) in [6, 6.07) is 5.23. The number of halogens is 1. The van der Waals surface area contributed by atoms with Gasteiger partial charge in [0.25, 0.3) is 0 Å². The van der Waals surface area contributed by atoms with Gasteiger partial charge in [0.1, 0.15) is 0 Å². The third kappa shape index (κ3) is 1.76. The van der Waals surface area contributed by atoms with Gasteiger partial charge in [0, 0.05) is 18.2 Å². The van der Waals surface area contributed by atoms with E-state index in [1.807, 2.05) is 6.07 Å². The quantitative estimate of drug-likeness (QED) is 0.729. The minimum Gasteiger partial charge on any atom is -0.298 e. The molecule has 1 aromatic carbocycles. The Morgan fingerprint density at radius 3 is 2.87 bits per heavy atom. The summed E-state index contributed by atoms with van der Waals surface area (Å²) >= 11 is 5.83. The van der Waals surface area contributed by atoms with Crippen molar-refractivity contribution in [2.24, 2.45) is 7.05 Å². The Morgan fingerprint density at radius 1 is 1.47 bits per heavy atom. The van der Waals surface area contributed by atoms with E-state index in [1.165, 1.54) is 0 Å². The van der Waals surface area contributed by atoms with E-state index in [1.54, 1.807) is 30.1 Å². The molecule has 0 atom stereocenters. The molecule has 0 N–H and O–H groups in total. The van der Waals surface area contributed by atoms with E-state index in [9.17, 15) is 4.79 Å². The number of carbonyl (C=O) groups excluding carboxylic acids is 1. The number of aromatic nitrogens is 3. The molecule has 2 rings (SSSR count). The summed E-state index contributed by atoms with van der Waals surface area (Å²) < 4.78 is 1.64. The standard InChI is InChI=1S/C10H8ClN3O/c1-14-10(5-12-13-14)7-2-3-9(11)8(4-7)6-15/h2-6H,1H3. The lowest BCUT2D eigenvalue weighted by atomic mass is 10.1. The van der Waals surface area contributed by atoms with Crippen LogP contribution in [0.4, 0.5) is 0 Å². The summed E-state index contributed by atoms with van der Waals surface area (Å²) in [7, 11) is 1.79. The molecular weight excluding hydrogens is 214 g/mol. The average molecular weight is 222 g/mol. The molecule has 0 aliphatic heterocycles. The molecule has 5 heteroatoms. The van der Waals surface area contributed by atoms with Crippen molar-refractivity contribution in [3.8, 4) is 11.3 Å². The molecule has 0 spiro atoms. The molecule has 0 radical (unpaired) electrons. The third-order valence-corrected chi connectivity index (χ3v) is 2.48. The Morgan fingerprint density at radius 2 is 2.27 bits per heavy atom. The van der Waals surface area contributed by atoms with Crippen LogP contribution in [0, 0.1) is 0 Å². The van der Waals surface area contributed by atoms with E-state index in [0.717, 1.165) is 17.5 Å². The van der Waals surface area contributed by atoms with Gasteiger partial charge in [-0.15, -0.1) is 5.10 Å². The van der Waals surface area contributed by atoms with Crippen molar-refractivity contribution < 1.29 is 4.79 Å². The van der Waals surface area contributed by atoms with Crippen molar-refractivity contribution in [1.82, 2.24) is 15.0 Å². The molecule has 4 nitrogen and oxygen atoms in total. The monoisotopic (exact) mass is 221 g/mol. The van der Waals surface area contributed by atoms with E-state index in [-0.39, 0.29) is 0 Å². The minimum absolute atomic E-state index is 0.448. The number of nitrogens with zero attached hydrogens (tertiary/aromatic N) is 3. The number of aldehydes is 1. The van der Waals surface area contributed by atoms with Crippen LogP contribution in [0.1, 0.15) is 10.4 Å². The van der Waals surface area contributed by atoms with Crippen molar-refractivity contribution >= 4 is 17.9 Å². The number of carbonyl (C=O) groups is 1. The van der Waals surface area contributed by atoms with E-state index >= 15 is 0 Å². The Bertz CT molecular complexity index is 507. The first-order valence-corrected chi connectivity index (χ1v) is 4.70. The number of benzene rings is 1. The second-order valence-corrected chi connectivity index (χ2v) is 3.50. The third-order valence-electron chi connectivity index (χ3n) is 2.13. The van der Waals surface area contributed by atoms with Gasteiger partial charge in [-0.2, -0.15) is 0 Å². The normalized spacial score (nSPS) is 10.3. The molecule has 0 aliphatic carbocycles. The van der Waals surface area contributed by atoms with E-state index in [4.69, 9.17) is 11.6 Å². The fraction of sp³-hybridized carbons (Fsp3) is 0.100. The van der Waals surface area contributed by atoms with Crippen LogP contribution >= 0.6 is 11.6 Å². The predicted molar refractivity (Wildman–Crippen MR) is 56.8 cm³/mol. The highest BCUT2D eigenvalue weighted by molar-refractivity contribution is 6.33. The van der Waals surface area contributed by atoms with Crippen molar-refractivity contribution in [2.75, 3.05) is 0 Å². The highest BCUT2D eigenvalue weighted by Gasteiger charge is 2.06. The molecular formula is C10H8ClN3O. The fourth-order valence-corrected chi connectivity index (χ4v) is 1.51. The zero-order valence-electron chi connectivity index (χ0n) is 8.01. The number of rotatable bonds is 2. The molecule has 0 saturated heterocycles. The highest BCUT2D eigenvalue weighted by atomic mass is 35.5. The molecule has 1 aromatic heterocycles. The van der Waals surface area contributed by atoms with Gasteiger partial charge in [-0.1, -0.05) is 22.9 Å². The summed E-state index contributed by atoms with van der Waals surface area (Å²) in [4.78, 5) is 10.7. The topological polar surface area (TPSA) is 47.8 Å². The Kier molecular flexibility index (Phi) is 2.51. The van der Waals surface area contributed by atoms with Crippen molar-refractivity contribution in [2.45, 2.75) is 0 Å². The molecule has 0 bridgehead atoms. The van der Waals surface area contributed by atoms with Crippen LogP contribution < -0.4 is 0 Å². The van der Waals surface area contributed by atoms with E-state index < -0.39 is 0 Å². The lowest BCUT2D eigenvalue weighted by Crippen LogP contribution is -1.94. The van der Waals surface area contributed by atoms with Crippen LogP contribution in [-0.4, -0.2) is 21.3 Å². The molecule has 2 aromatic rings. The van der Waals surface area contributed by atoms with Crippen LogP contribution in [0.15, 0.2) is 24.4 Å². The van der Waals surface area contributed by atoms with E-state index in [0.29, 0.717) is 10.6 Å². The van der Waals surface area contributed by atoms with Gasteiger partial charge in [0.2, 0.25) is 0 Å². The Labute approximate surface area is 91.5 Å². The zero-order chi connectivity index (χ0) is 10.8. The zero-order valence-corrected chi connectivity index (χ0v) is 8.77. The fourth-order valence-electron chi connectivity index (χ4n) is 1.34. The largest absolute Gasteiger partial charge is 0.298 e. The Hall–Kier alpha value is -1.68. The maximum Gasteiger partial charge on any atom is 0.151 e. The summed E-state index contributed by atoms with van der Waals surface area (Å²) in [5.41, 5.74) is 2.18. The van der Waals surface area contributed by atoms with Crippen LogP contribution in [0.2, 0.25) is 5.02 Å². The van der Waals surface area contributed by atoms with Gasteiger partial charge in [-0.25, -0.2) is 4.68 Å².